The van der Waals surface area contributed by atoms with Crippen LogP contribution in [-0.2, 0) is 9.53 Å². The predicted octanol–water partition coefficient (Wildman–Crippen LogP) is 3.65. The second kappa shape index (κ2) is 7.87. The summed E-state index contributed by atoms with van der Waals surface area (Å²) in [4.78, 5) is 24.8. The zero-order chi connectivity index (χ0) is 21.3. The van der Waals surface area contributed by atoms with Crippen molar-refractivity contribution in [3.8, 4) is 16.9 Å². The fraction of sp³-hybridized carbons (Fsp3) is 0.174. The van der Waals surface area contributed by atoms with Crippen molar-refractivity contribution in [3.63, 3.8) is 0 Å². The number of hydrogen-bond acceptors (Lipinski definition) is 4. The number of urea groups is 1. The van der Waals surface area contributed by atoms with Crippen LogP contribution in [0.2, 0.25) is 0 Å². The van der Waals surface area contributed by atoms with Gasteiger partial charge in [0.05, 0.1) is 30.1 Å². The van der Waals surface area contributed by atoms with Crippen molar-refractivity contribution in [2.75, 3.05) is 7.11 Å². The smallest absolute Gasteiger partial charge is 0.337 e. The highest BCUT2D eigenvalue weighted by Crippen LogP contribution is 2.34. The van der Waals surface area contributed by atoms with Crippen LogP contribution in [0.3, 0.4) is 0 Å². The Balaban J connectivity index is 1.92. The lowest BCUT2D eigenvalue weighted by atomic mass is 9.93. The first-order valence-corrected chi connectivity index (χ1v) is 9.56. The molecule has 2 N–H and O–H groups in total. The molecule has 1 aromatic heterocycles. The second-order valence-corrected chi connectivity index (χ2v) is 7.14. The number of esters is 1. The average molecular weight is 402 g/mol. The molecule has 3 aromatic rings. The van der Waals surface area contributed by atoms with E-state index in [1.54, 1.807) is 11.6 Å². The van der Waals surface area contributed by atoms with Gasteiger partial charge in [0, 0.05) is 23.0 Å². The molecule has 0 aliphatic carbocycles. The summed E-state index contributed by atoms with van der Waals surface area (Å²) in [5, 5.41) is 10.3. The molecule has 0 unspecified atom stereocenters. The van der Waals surface area contributed by atoms with Crippen LogP contribution in [0, 0.1) is 6.92 Å². The van der Waals surface area contributed by atoms with Crippen LogP contribution < -0.4 is 10.6 Å². The molecule has 0 radical (unpaired) electrons. The molecule has 30 heavy (non-hydrogen) atoms. The molecule has 152 valence electrons. The summed E-state index contributed by atoms with van der Waals surface area (Å²) >= 11 is 0. The summed E-state index contributed by atoms with van der Waals surface area (Å²) in [7, 11) is 1.32. The molecule has 0 saturated heterocycles. The molecule has 2 amide bonds. The van der Waals surface area contributed by atoms with Crippen LogP contribution in [-0.4, -0.2) is 28.9 Å². The third kappa shape index (κ3) is 3.57. The number of aromatic nitrogens is 2. The minimum atomic E-state index is -0.694. The van der Waals surface area contributed by atoms with Crippen molar-refractivity contribution in [1.29, 1.82) is 0 Å². The van der Waals surface area contributed by atoms with Gasteiger partial charge in [-0.25, -0.2) is 14.3 Å². The van der Waals surface area contributed by atoms with Gasteiger partial charge in [-0.05, 0) is 26.0 Å². The van der Waals surface area contributed by atoms with E-state index in [2.05, 4.69) is 10.6 Å². The van der Waals surface area contributed by atoms with E-state index < -0.39 is 12.0 Å². The maximum atomic E-state index is 12.5. The predicted molar refractivity (Wildman–Crippen MR) is 113 cm³/mol. The molecule has 0 bridgehead atoms. The molecule has 1 atom stereocenters. The van der Waals surface area contributed by atoms with E-state index >= 15 is 0 Å². The largest absolute Gasteiger partial charge is 0.466 e. The fourth-order valence-electron chi connectivity index (χ4n) is 3.55. The number of ether oxygens (including phenoxy) is 1. The Bertz CT molecular complexity index is 1130. The van der Waals surface area contributed by atoms with Crippen molar-refractivity contribution in [2.45, 2.75) is 19.9 Å². The average Bonchev–Trinajstić information content (AvgIpc) is 3.19. The Morgan fingerprint density at radius 1 is 1.07 bits per heavy atom. The number of benzene rings is 2. The van der Waals surface area contributed by atoms with Gasteiger partial charge in [0.25, 0.3) is 0 Å². The van der Waals surface area contributed by atoms with Gasteiger partial charge in [0.15, 0.2) is 0 Å². The summed E-state index contributed by atoms with van der Waals surface area (Å²) < 4.78 is 6.74. The summed E-state index contributed by atoms with van der Waals surface area (Å²) in [6.45, 7) is 3.70. The van der Waals surface area contributed by atoms with Crippen molar-refractivity contribution in [3.05, 3.63) is 83.2 Å². The maximum Gasteiger partial charge on any atom is 0.337 e. The molecule has 1 aliphatic heterocycles. The van der Waals surface area contributed by atoms with E-state index in [0.717, 1.165) is 16.8 Å². The van der Waals surface area contributed by atoms with E-state index in [0.29, 0.717) is 22.5 Å². The molecular weight excluding hydrogens is 380 g/mol. The topological polar surface area (TPSA) is 85.2 Å². The Kier molecular flexibility index (Phi) is 5.10. The number of nitrogens with zero attached hydrogens (tertiary/aromatic N) is 2. The SMILES string of the molecule is COC(=O)C1=C(C)NC(=O)N[C@@H]1c1cn(-c2ccccc2)nc1-c1ccc(C)cc1. The first kappa shape index (κ1) is 19.4. The monoisotopic (exact) mass is 402 g/mol. The van der Waals surface area contributed by atoms with Crippen molar-refractivity contribution < 1.29 is 14.3 Å². The maximum absolute atomic E-state index is 12.5. The molecule has 2 heterocycles. The van der Waals surface area contributed by atoms with E-state index in [4.69, 9.17) is 9.84 Å². The van der Waals surface area contributed by atoms with Crippen LogP contribution in [0.5, 0.6) is 0 Å². The van der Waals surface area contributed by atoms with Crippen molar-refractivity contribution in [2.24, 2.45) is 0 Å². The van der Waals surface area contributed by atoms with E-state index in [1.165, 1.54) is 7.11 Å². The number of hydrogen-bond donors (Lipinski definition) is 2. The Hall–Kier alpha value is -3.87. The first-order valence-electron chi connectivity index (χ1n) is 9.56. The van der Waals surface area contributed by atoms with Crippen LogP contribution in [0.25, 0.3) is 16.9 Å². The Morgan fingerprint density at radius 3 is 2.43 bits per heavy atom. The van der Waals surface area contributed by atoms with E-state index in [1.807, 2.05) is 67.7 Å². The summed E-state index contributed by atoms with van der Waals surface area (Å²) in [5.74, 6) is -0.507. The number of carbonyl (C=O) groups is 2. The molecule has 0 fully saturated rings. The standard InChI is InChI=1S/C23H22N4O3/c1-14-9-11-16(12-10-14)20-18(13-27(26-20)17-7-5-4-6-8-17)21-19(22(28)30-3)15(2)24-23(29)25-21/h4-13,21H,1-3H3,(H2,24,25,29)/t21-/m1/s1. The lowest BCUT2D eigenvalue weighted by molar-refractivity contribution is -0.136. The van der Waals surface area contributed by atoms with E-state index in [-0.39, 0.29) is 6.03 Å². The molecular formula is C23H22N4O3. The van der Waals surface area contributed by atoms with Crippen LogP contribution in [0.1, 0.15) is 24.1 Å². The number of para-hydroxylation sites is 1. The molecule has 1 aliphatic rings. The van der Waals surface area contributed by atoms with Gasteiger partial charge in [-0.3, -0.25) is 0 Å². The highest BCUT2D eigenvalue weighted by atomic mass is 16.5. The number of aryl methyl sites for hydroxylation is 1. The summed E-state index contributed by atoms with van der Waals surface area (Å²) in [5.41, 5.74) is 5.08. The zero-order valence-electron chi connectivity index (χ0n) is 17.0. The normalized spacial score (nSPS) is 16.1. The summed E-state index contributed by atoms with van der Waals surface area (Å²) in [6, 6.07) is 16.6. The number of nitrogens with one attached hydrogen (secondary N) is 2. The van der Waals surface area contributed by atoms with Crippen LogP contribution in [0.15, 0.2) is 72.1 Å². The van der Waals surface area contributed by atoms with Crippen molar-refractivity contribution in [1.82, 2.24) is 20.4 Å². The highest BCUT2D eigenvalue weighted by Gasteiger charge is 2.34. The third-order valence-corrected chi connectivity index (χ3v) is 5.07. The van der Waals surface area contributed by atoms with Gasteiger partial charge >= 0.3 is 12.0 Å². The number of amides is 2. The minimum Gasteiger partial charge on any atom is -0.466 e. The lowest BCUT2D eigenvalue weighted by Gasteiger charge is -2.27. The van der Waals surface area contributed by atoms with Gasteiger partial charge in [0.2, 0.25) is 0 Å². The summed E-state index contributed by atoms with van der Waals surface area (Å²) in [6.07, 6.45) is 1.84. The molecule has 0 saturated carbocycles. The van der Waals surface area contributed by atoms with Crippen molar-refractivity contribution >= 4 is 12.0 Å². The first-order chi connectivity index (χ1) is 14.5. The van der Waals surface area contributed by atoms with Gasteiger partial charge in [0.1, 0.15) is 0 Å². The Labute approximate surface area is 174 Å². The molecule has 4 rings (SSSR count). The second-order valence-electron chi connectivity index (χ2n) is 7.14. The fourth-order valence-corrected chi connectivity index (χ4v) is 3.55. The van der Waals surface area contributed by atoms with Crippen LogP contribution >= 0.6 is 0 Å². The molecule has 7 heteroatoms. The van der Waals surface area contributed by atoms with E-state index in [9.17, 15) is 9.59 Å². The number of allylic oxidation sites excluding steroid dienone is 1. The minimum absolute atomic E-state index is 0.345. The zero-order valence-corrected chi connectivity index (χ0v) is 17.0. The molecule has 0 spiro atoms. The molecule has 2 aromatic carbocycles. The Morgan fingerprint density at radius 2 is 1.77 bits per heavy atom. The highest BCUT2D eigenvalue weighted by molar-refractivity contribution is 5.95. The van der Waals surface area contributed by atoms with Crippen LogP contribution in [0.4, 0.5) is 4.79 Å². The van der Waals surface area contributed by atoms with Gasteiger partial charge in [-0.15, -0.1) is 0 Å². The third-order valence-electron chi connectivity index (χ3n) is 5.07. The van der Waals surface area contributed by atoms with Gasteiger partial charge < -0.3 is 15.4 Å². The van der Waals surface area contributed by atoms with Gasteiger partial charge in [-0.2, -0.15) is 5.10 Å². The number of methoxy groups -OCH3 is 1. The lowest BCUT2D eigenvalue weighted by Crippen LogP contribution is -2.45. The molecule has 7 nitrogen and oxygen atoms in total. The van der Waals surface area contributed by atoms with Gasteiger partial charge in [-0.1, -0.05) is 48.0 Å². The number of rotatable bonds is 4. The number of carbonyl (C=O) groups excluding carboxylic acids is 2. The quantitative estimate of drug-likeness (QED) is 0.653.